The molecule has 1 aromatic carbocycles. The van der Waals surface area contributed by atoms with E-state index >= 15 is 0 Å². The lowest BCUT2D eigenvalue weighted by Gasteiger charge is -2.35. The highest BCUT2D eigenvalue weighted by Gasteiger charge is 2.33. The third kappa shape index (κ3) is 2.84. The largest absolute Gasteiger partial charge is 0.505 e. The zero-order valence-electron chi connectivity index (χ0n) is 10.7. The van der Waals surface area contributed by atoms with Crippen LogP contribution in [-0.4, -0.2) is 42.6 Å². The van der Waals surface area contributed by atoms with Gasteiger partial charge in [-0.3, -0.25) is 4.90 Å². The van der Waals surface area contributed by atoms with Gasteiger partial charge in [-0.15, -0.1) is 0 Å². The van der Waals surface area contributed by atoms with Crippen LogP contribution < -0.4 is 5.32 Å². The monoisotopic (exact) mass is 274 g/mol. The molecule has 2 rings (SSSR count). The minimum Gasteiger partial charge on any atom is -0.505 e. The molecule has 0 bridgehead atoms. The van der Waals surface area contributed by atoms with Crippen LogP contribution in [0.5, 0.6) is 5.75 Å². The van der Waals surface area contributed by atoms with Crippen LogP contribution in [0, 0.1) is 12.7 Å². The second-order valence-electron chi connectivity index (χ2n) is 4.70. The van der Waals surface area contributed by atoms with E-state index in [0.29, 0.717) is 26.2 Å². The smallest absolute Gasteiger partial charge is 0.258 e. The zero-order chi connectivity index (χ0) is 14.0. The van der Waals surface area contributed by atoms with Crippen molar-refractivity contribution in [3.05, 3.63) is 29.1 Å². The van der Waals surface area contributed by atoms with Gasteiger partial charge in [0.2, 0.25) is 0 Å². The summed E-state index contributed by atoms with van der Waals surface area (Å²) in [5.41, 5.74) is 0.203. The maximum atomic E-state index is 13.7. The lowest BCUT2D eigenvalue weighted by Crippen LogP contribution is -2.46. The molecule has 1 fully saturated rings. The van der Waals surface area contributed by atoms with Gasteiger partial charge in [-0.1, -0.05) is 12.1 Å². The van der Waals surface area contributed by atoms with Crippen molar-refractivity contribution < 1.29 is 18.3 Å². The Morgan fingerprint density at radius 3 is 2.47 bits per heavy atom. The maximum Gasteiger partial charge on any atom is 0.258 e. The van der Waals surface area contributed by atoms with Gasteiger partial charge in [-0.2, -0.15) is 0 Å². The number of aryl methyl sites for hydroxylation is 1. The second-order valence-corrected chi connectivity index (χ2v) is 4.70. The molecule has 0 amide bonds. The number of aromatic hydroxyl groups is 1. The van der Waals surface area contributed by atoms with E-state index in [0.717, 1.165) is 0 Å². The molecule has 0 radical (unpaired) electrons. The molecule has 1 atom stereocenters. The molecule has 1 heterocycles. The van der Waals surface area contributed by atoms with Crippen molar-refractivity contribution >= 4 is 0 Å². The van der Waals surface area contributed by atoms with Crippen molar-refractivity contribution in [1.82, 2.24) is 10.2 Å². The molecular weight excluding hydrogens is 257 g/mol. The zero-order valence-corrected chi connectivity index (χ0v) is 10.7. The summed E-state index contributed by atoms with van der Waals surface area (Å²) in [5.74, 6) is -1.48. The first-order valence-electron chi connectivity index (χ1n) is 6.23. The summed E-state index contributed by atoms with van der Waals surface area (Å²) < 4.78 is 40.2. The second kappa shape index (κ2) is 5.79. The van der Waals surface area contributed by atoms with Crippen LogP contribution in [0.3, 0.4) is 0 Å². The number of nitrogens with zero attached hydrogens (tertiary/aromatic N) is 1. The Morgan fingerprint density at radius 2 is 1.89 bits per heavy atom. The third-order valence-electron chi connectivity index (χ3n) is 3.44. The molecule has 19 heavy (non-hydrogen) atoms. The van der Waals surface area contributed by atoms with Crippen molar-refractivity contribution in [2.24, 2.45) is 0 Å². The molecule has 1 aliphatic rings. The van der Waals surface area contributed by atoms with Crippen LogP contribution in [0.15, 0.2) is 12.1 Å². The van der Waals surface area contributed by atoms with E-state index < -0.39 is 24.0 Å². The predicted octanol–water partition coefficient (Wildman–Crippen LogP) is 2.05. The lowest BCUT2D eigenvalue weighted by atomic mass is 10.0. The quantitative estimate of drug-likeness (QED) is 0.885. The molecule has 1 saturated heterocycles. The number of alkyl halides is 2. The highest BCUT2D eigenvalue weighted by atomic mass is 19.3. The summed E-state index contributed by atoms with van der Waals surface area (Å²) in [6, 6.07) is 1.53. The Kier molecular flexibility index (Phi) is 4.31. The van der Waals surface area contributed by atoms with E-state index in [-0.39, 0.29) is 11.1 Å². The van der Waals surface area contributed by atoms with E-state index in [4.69, 9.17) is 0 Å². The van der Waals surface area contributed by atoms with Gasteiger partial charge < -0.3 is 10.4 Å². The topological polar surface area (TPSA) is 35.5 Å². The fourth-order valence-corrected chi connectivity index (χ4v) is 2.37. The molecule has 3 nitrogen and oxygen atoms in total. The molecule has 0 spiro atoms. The molecule has 2 N–H and O–H groups in total. The Morgan fingerprint density at radius 1 is 1.26 bits per heavy atom. The first kappa shape index (κ1) is 14.1. The Balaban J connectivity index is 2.36. The molecule has 1 aromatic rings. The molecule has 106 valence electrons. The van der Waals surface area contributed by atoms with E-state index in [1.165, 1.54) is 19.1 Å². The highest BCUT2D eigenvalue weighted by Crippen LogP contribution is 2.36. The number of hydrogen-bond donors (Lipinski definition) is 2. The van der Waals surface area contributed by atoms with Gasteiger partial charge in [-0.25, -0.2) is 13.2 Å². The van der Waals surface area contributed by atoms with E-state index in [2.05, 4.69) is 5.32 Å². The maximum absolute atomic E-state index is 13.7. The summed E-state index contributed by atoms with van der Waals surface area (Å²) in [5, 5.41) is 12.8. The molecule has 1 aliphatic heterocycles. The van der Waals surface area contributed by atoms with Crippen molar-refractivity contribution in [3.8, 4) is 5.75 Å². The Hall–Kier alpha value is -1.27. The van der Waals surface area contributed by atoms with Crippen molar-refractivity contribution in [2.45, 2.75) is 19.4 Å². The van der Waals surface area contributed by atoms with Crippen molar-refractivity contribution in [3.63, 3.8) is 0 Å². The number of piperazine rings is 1. The van der Waals surface area contributed by atoms with E-state index in [1.807, 2.05) is 0 Å². The summed E-state index contributed by atoms with van der Waals surface area (Å²) >= 11 is 0. The van der Waals surface area contributed by atoms with Crippen molar-refractivity contribution in [2.75, 3.05) is 26.2 Å². The van der Waals surface area contributed by atoms with Crippen LogP contribution in [0.25, 0.3) is 0 Å². The molecule has 6 heteroatoms. The number of halogens is 3. The number of phenolic OH excluding ortho intramolecular Hbond substituents is 1. The fraction of sp³-hybridized carbons (Fsp3) is 0.538. The summed E-state index contributed by atoms with van der Waals surface area (Å²) in [4.78, 5) is 1.57. The van der Waals surface area contributed by atoms with Crippen LogP contribution in [0.2, 0.25) is 0 Å². The van der Waals surface area contributed by atoms with Crippen LogP contribution in [0.1, 0.15) is 17.2 Å². The first-order valence-corrected chi connectivity index (χ1v) is 6.23. The summed E-state index contributed by atoms with van der Waals surface area (Å²) in [6.07, 6.45) is -2.67. The minimum atomic E-state index is -2.67. The number of benzene rings is 1. The average Bonchev–Trinajstić information content (AvgIpc) is 2.40. The standard InChI is InChI=1S/C13H17F3N2O/c1-8-2-3-9(12(19)10(8)14)11(13(15)16)18-6-4-17-5-7-18/h2-3,11,13,17,19H,4-7H2,1H3/t11-/m1/s1. The number of rotatable bonds is 3. The number of hydrogen-bond acceptors (Lipinski definition) is 3. The molecule has 0 aromatic heterocycles. The van der Waals surface area contributed by atoms with E-state index in [1.54, 1.807) is 4.90 Å². The van der Waals surface area contributed by atoms with Crippen LogP contribution >= 0.6 is 0 Å². The average molecular weight is 274 g/mol. The van der Waals surface area contributed by atoms with Crippen LogP contribution in [-0.2, 0) is 0 Å². The summed E-state index contributed by atoms with van der Waals surface area (Å²) in [7, 11) is 0. The Labute approximate surface area is 110 Å². The number of nitrogens with one attached hydrogen (secondary N) is 1. The van der Waals surface area contributed by atoms with E-state index in [9.17, 15) is 18.3 Å². The lowest BCUT2D eigenvalue weighted by molar-refractivity contribution is 0.0168. The number of phenols is 1. The van der Waals surface area contributed by atoms with Gasteiger partial charge in [-0.05, 0) is 12.5 Å². The molecule has 0 aliphatic carbocycles. The summed E-state index contributed by atoms with van der Waals surface area (Å²) in [6.45, 7) is 3.60. The van der Waals surface area contributed by atoms with Gasteiger partial charge >= 0.3 is 0 Å². The van der Waals surface area contributed by atoms with Gasteiger partial charge in [0, 0.05) is 31.7 Å². The predicted molar refractivity (Wildman–Crippen MR) is 66.0 cm³/mol. The van der Waals surface area contributed by atoms with Gasteiger partial charge in [0.05, 0.1) is 0 Å². The minimum absolute atomic E-state index is 0.0417. The normalized spacial score (nSPS) is 18.8. The molecular formula is C13H17F3N2O. The SMILES string of the molecule is Cc1ccc([C@H](C(F)F)N2CCNCC2)c(O)c1F. The van der Waals surface area contributed by atoms with Crippen molar-refractivity contribution in [1.29, 1.82) is 0 Å². The highest BCUT2D eigenvalue weighted by molar-refractivity contribution is 5.40. The van der Waals surface area contributed by atoms with Gasteiger partial charge in [0.1, 0.15) is 6.04 Å². The third-order valence-corrected chi connectivity index (χ3v) is 3.44. The Bertz CT molecular complexity index is 448. The van der Waals surface area contributed by atoms with Crippen LogP contribution in [0.4, 0.5) is 13.2 Å². The van der Waals surface area contributed by atoms with Gasteiger partial charge in [0.25, 0.3) is 6.43 Å². The molecule has 0 saturated carbocycles. The first-order chi connectivity index (χ1) is 9.02. The molecule has 0 unspecified atom stereocenters. The van der Waals surface area contributed by atoms with Gasteiger partial charge in [0.15, 0.2) is 11.6 Å². The fourth-order valence-electron chi connectivity index (χ4n) is 2.37.